The lowest BCUT2D eigenvalue weighted by Gasteiger charge is -2.67. The quantitative estimate of drug-likeness (QED) is 0.181. The average molecular weight is 886 g/mol. The molecule has 3 heterocycles. The Labute approximate surface area is 349 Å². The van der Waals surface area contributed by atoms with Crippen LogP contribution in [0.15, 0.2) is 29.2 Å². The highest BCUT2D eigenvalue weighted by Gasteiger charge is 2.93. The van der Waals surface area contributed by atoms with Crippen LogP contribution in [-0.4, -0.2) is 114 Å². The number of aliphatic hydroxyl groups excluding tert-OH is 2. The van der Waals surface area contributed by atoms with E-state index in [0.29, 0.717) is 12.1 Å². The zero-order valence-corrected chi connectivity index (χ0v) is 35.4. The Morgan fingerprint density at radius 1 is 0.852 bits per heavy atom. The highest BCUT2D eigenvalue weighted by Crippen LogP contribution is 2.81. The molecule has 20 heteroatoms. The largest absolute Gasteiger partial charge is 0.459 e. The Hall–Kier alpha value is -3.40. The van der Waals surface area contributed by atoms with Gasteiger partial charge in [0.05, 0.1) is 40.2 Å². The van der Waals surface area contributed by atoms with Crippen molar-refractivity contribution in [1.82, 2.24) is 4.72 Å². The Balaban J connectivity index is 1.27. The number of ether oxygens (including phenoxy) is 6. The highest BCUT2D eigenvalue weighted by atomic mass is 32.2. The molecule has 1 aromatic rings. The number of carbonyl (C=O) groups excluding carboxylic acids is 4. The maximum atomic E-state index is 14.3. The summed E-state index contributed by atoms with van der Waals surface area (Å²) in [6.07, 6.45) is -14.2. The second-order valence-electron chi connectivity index (χ2n) is 19.4. The number of fused-ring (bicyclic) bond motifs is 9. The topological polar surface area (TPSA) is 237 Å². The lowest BCUT2D eigenvalue weighted by Crippen LogP contribution is -2.77. The van der Waals surface area contributed by atoms with Crippen LogP contribution >= 0.6 is 0 Å². The lowest BCUT2D eigenvalue weighted by atomic mass is 9.40. The van der Waals surface area contributed by atoms with Crippen LogP contribution in [0.25, 0.3) is 0 Å². The Kier molecular flexibility index (Phi) is 9.05. The number of hydrogen-bond donors (Lipinski definition) is 4. The van der Waals surface area contributed by atoms with Gasteiger partial charge in [-0.3, -0.25) is 14.4 Å². The maximum absolute atomic E-state index is 14.3. The van der Waals surface area contributed by atoms with Crippen LogP contribution in [0.3, 0.4) is 0 Å². The van der Waals surface area contributed by atoms with Crippen molar-refractivity contribution in [2.24, 2.45) is 57.7 Å². The molecule has 21 atom stereocenters. The van der Waals surface area contributed by atoms with Crippen molar-refractivity contribution in [1.29, 1.82) is 0 Å². The second kappa shape index (κ2) is 12.9. The van der Waals surface area contributed by atoms with Crippen LogP contribution < -0.4 is 4.72 Å². The van der Waals surface area contributed by atoms with Gasteiger partial charge >= 0.3 is 30.1 Å². The summed E-state index contributed by atoms with van der Waals surface area (Å²) in [5.41, 5.74) is -8.03. The molecule has 3 saturated heterocycles. The Morgan fingerprint density at radius 2 is 1.44 bits per heavy atom. The molecule has 5 saturated carbocycles. The standard InChI is InChI=1S/C41H50F3NO15S/c1-14-23-26(38(7)39(8,52)35(51)60-40(38)32(14)59-40)29(50)24-22-25(31(55-15(2)46)34(37(23,24)6)57-17(4)48)36(5)20(13-21-30(58-21)33(36)56-16(3)47)27(28(22)49)45-61(53,54)19-11-9-18(10-12-19)41(42,43)44/h9-12,14,20-34,45,49-50,52H,13H2,1-8H3/t14-,20+,21-,22-,23-,24+,25+,26-,27-,28+,29+,30-,31-,32+,33-,34-,36-,37+,38-,39+,40-/m0/s1. The minimum atomic E-state index is -4.76. The van der Waals surface area contributed by atoms with E-state index in [1.54, 1.807) is 27.7 Å². The third kappa shape index (κ3) is 5.35. The average Bonchev–Trinajstić information content (AvgIpc) is 4.06. The summed E-state index contributed by atoms with van der Waals surface area (Å²) >= 11 is 0. The van der Waals surface area contributed by atoms with Gasteiger partial charge in [-0.2, -0.15) is 13.2 Å². The van der Waals surface area contributed by atoms with Crippen LogP contribution in [0.2, 0.25) is 0 Å². The fourth-order valence-corrected chi connectivity index (χ4v) is 15.7. The third-order valence-electron chi connectivity index (χ3n) is 16.8. The van der Waals surface area contributed by atoms with E-state index >= 15 is 0 Å². The van der Waals surface area contributed by atoms with E-state index in [2.05, 4.69) is 4.72 Å². The monoisotopic (exact) mass is 885 g/mol. The molecule has 5 aliphatic carbocycles. The number of benzene rings is 1. The van der Waals surface area contributed by atoms with Crippen molar-refractivity contribution in [2.75, 3.05) is 0 Å². The van der Waals surface area contributed by atoms with E-state index < -0.39 is 174 Å². The molecular formula is C41H50F3NO15S. The van der Waals surface area contributed by atoms with E-state index in [4.69, 9.17) is 28.4 Å². The van der Waals surface area contributed by atoms with E-state index in [1.165, 1.54) is 13.8 Å². The zero-order valence-electron chi connectivity index (χ0n) is 34.5. The molecule has 61 heavy (non-hydrogen) atoms. The summed E-state index contributed by atoms with van der Waals surface area (Å²) in [5.74, 6) is -12.2. The van der Waals surface area contributed by atoms with Crippen molar-refractivity contribution in [3.05, 3.63) is 29.8 Å². The molecular weight excluding hydrogens is 836 g/mol. The van der Waals surface area contributed by atoms with Gasteiger partial charge in [0, 0.05) is 49.4 Å². The fourth-order valence-electron chi connectivity index (χ4n) is 14.4. The SMILES string of the molecule is CC(=O)O[C@H]1[C@H]2[C@@H]([C@@H](O)[C@@H](NS(=O)(=O)c3ccc(C(F)(F)F)cc3)[C@H]3C[C@@H]4O[C@@H]4[C@H](OC(C)=O)[C@]23C)[C@@H]2[C@@H](O)[C@@H]3[C@H]([C@H](C)[C@H]4O[C@]45OC(=O)[C@@](C)(O)[C@]35C)[C@@]2(C)[C@H]1OC(C)=O. The molecule has 16 nitrogen and oxygen atoms in total. The smallest absolute Gasteiger partial charge is 0.416 e. The molecule has 9 rings (SSSR count). The Bertz CT molecular complexity index is 2210. The van der Waals surface area contributed by atoms with Crippen LogP contribution in [0, 0.1) is 57.7 Å². The van der Waals surface area contributed by atoms with Crippen molar-refractivity contribution >= 4 is 33.9 Å². The molecule has 0 bridgehead atoms. The number of alkyl halides is 3. The summed E-state index contributed by atoms with van der Waals surface area (Å²) in [6.45, 7) is 11.5. The maximum Gasteiger partial charge on any atom is 0.416 e. The van der Waals surface area contributed by atoms with Gasteiger partial charge in [-0.05, 0) is 68.2 Å². The number of aliphatic hydroxyl groups is 3. The van der Waals surface area contributed by atoms with Gasteiger partial charge in [-0.15, -0.1) is 0 Å². The van der Waals surface area contributed by atoms with Crippen molar-refractivity contribution in [3.63, 3.8) is 0 Å². The number of esters is 4. The lowest BCUT2D eigenvalue weighted by molar-refractivity contribution is -0.285. The first-order valence-electron chi connectivity index (χ1n) is 20.5. The molecule has 8 aliphatic rings. The summed E-state index contributed by atoms with van der Waals surface area (Å²) in [7, 11) is -4.75. The van der Waals surface area contributed by atoms with Crippen molar-refractivity contribution in [3.8, 4) is 0 Å². The van der Waals surface area contributed by atoms with E-state index in [-0.39, 0.29) is 6.42 Å². The van der Waals surface area contributed by atoms with Crippen LogP contribution in [0.4, 0.5) is 13.2 Å². The highest BCUT2D eigenvalue weighted by molar-refractivity contribution is 7.89. The van der Waals surface area contributed by atoms with Crippen LogP contribution in [0.5, 0.6) is 0 Å². The molecule has 336 valence electrons. The molecule has 8 fully saturated rings. The van der Waals surface area contributed by atoms with Crippen molar-refractivity contribution in [2.45, 2.75) is 139 Å². The first-order valence-corrected chi connectivity index (χ1v) is 22.0. The van der Waals surface area contributed by atoms with Crippen molar-refractivity contribution < 1.29 is 84.5 Å². The van der Waals surface area contributed by atoms with Gasteiger partial charge in [0.15, 0.2) is 5.60 Å². The molecule has 3 aliphatic heterocycles. The minimum Gasteiger partial charge on any atom is -0.459 e. The zero-order chi connectivity index (χ0) is 44.7. The van der Waals surface area contributed by atoms with E-state index in [0.717, 1.165) is 26.0 Å². The van der Waals surface area contributed by atoms with Gasteiger partial charge in [-0.25, -0.2) is 17.9 Å². The number of sulfonamides is 1. The Morgan fingerprint density at radius 3 is 2.02 bits per heavy atom. The first-order chi connectivity index (χ1) is 28.1. The molecule has 1 aromatic carbocycles. The predicted molar refractivity (Wildman–Crippen MR) is 196 cm³/mol. The number of rotatable bonds is 6. The second-order valence-corrected chi connectivity index (χ2v) is 21.1. The van der Waals surface area contributed by atoms with Crippen LogP contribution in [-0.2, 0) is 63.8 Å². The first kappa shape index (κ1) is 42.9. The van der Waals surface area contributed by atoms with Gasteiger partial charge in [0.1, 0.15) is 30.5 Å². The molecule has 1 spiro atoms. The number of hydrogen-bond acceptors (Lipinski definition) is 15. The summed E-state index contributed by atoms with van der Waals surface area (Å²) < 4.78 is 108. The van der Waals surface area contributed by atoms with Gasteiger partial charge in [-0.1, -0.05) is 20.8 Å². The third-order valence-corrected chi connectivity index (χ3v) is 18.2. The molecule has 0 radical (unpaired) electrons. The van der Waals surface area contributed by atoms with Gasteiger partial charge in [0.25, 0.3) is 0 Å². The number of halogens is 3. The number of carbonyl (C=O) groups is 4. The summed E-state index contributed by atoms with van der Waals surface area (Å²) in [4.78, 5) is 52.5. The number of nitrogens with one attached hydrogen (secondary N) is 1. The predicted octanol–water partition coefficient (Wildman–Crippen LogP) is 1.85. The van der Waals surface area contributed by atoms with E-state index in [1.807, 2.05) is 0 Å². The van der Waals surface area contributed by atoms with E-state index in [9.17, 15) is 56.1 Å². The summed E-state index contributed by atoms with van der Waals surface area (Å²) in [5, 5.41) is 38.3. The summed E-state index contributed by atoms with van der Waals surface area (Å²) in [6, 6.07) is 1.30. The minimum absolute atomic E-state index is 0.0686. The fraction of sp³-hybridized carbons (Fsp3) is 0.756. The molecule has 4 N–H and O–H groups in total. The molecule has 0 aromatic heterocycles. The normalized spacial score (nSPS) is 51.1. The van der Waals surface area contributed by atoms with Gasteiger partial charge < -0.3 is 43.7 Å². The molecule has 0 unspecified atom stereocenters. The van der Waals surface area contributed by atoms with Gasteiger partial charge in [0.2, 0.25) is 15.8 Å². The number of epoxide rings is 2. The van der Waals surface area contributed by atoms with Crippen LogP contribution in [0.1, 0.15) is 67.4 Å². The molecule has 0 amide bonds.